The van der Waals surface area contributed by atoms with E-state index in [0.717, 1.165) is 5.56 Å². The molecule has 18 heavy (non-hydrogen) atoms. The van der Waals surface area contributed by atoms with E-state index < -0.39 is 17.5 Å². The van der Waals surface area contributed by atoms with Crippen molar-refractivity contribution in [2.75, 3.05) is 0 Å². The zero-order chi connectivity index (χ0) is 12.6. The molecule has 0 aromatic heterocycles. The van der Waals surface area contributed by atoms with Crippen molar-refractivity contribution in [3.05, 3.63) is 47.2 Å². The first kappa shape index (κ1) is 15.3. The minimum atomic E-state index is -0.709. The van der Waals surface area contributed by atoms with E-state index in [1.54, 1.807) is 0 Å². The van der Waals surface area contributed by atoms with Crippen LogP contribution in [-0.4, -0.2) is 5.97 Å². The molecule has 1 heterocycles. The van der Waals surface area contributed by atoms with E-state index in [4.69, 9.17) is 4.74 Å². The summed E-state index contributed by atoms with van der Waals surface area (Å²) in [6.45, 7) is 5.14. The summed E-state index contributed by atoms with van der Waals surface area (Å²) >= 11 is 0. The second-order valence-corrected chi connectivity index (χ2v) is 4.87. The zero-order valence-electron chi connectivity index (χ0n) is 11.2. The second-order valence-electron chi connectivity index (χ2n) is 4.87. The van der Waals surface area contributed by atoms with Crippen LogP contribution in [0, 0.1) is 5.41 Å². The van der Waals surface area contributed by atoms with Gasteiger partial charge in [0.15, 0.2) is 0 Å². The molecule has 0 spiro atoms. The van der Waals surface area contributed by atoms with Crippen LogP contribution >= 0.6 is 0 Å². The number of carbonyl (C=O) groups is 1. The van der Waals surface area contributed by atoms with Crippen LogP contribution in [0.5, 0.6) is 0 Å². The third-order valence-electron chi connectivity index (χ3n) is 3.21. The van der Waals surface area contributed by atoms with Crippen LogP contribution in [0.4, 0.5) is 0 Å². The van der Waals surface area contributed by atoms with E-state index in [1.807, 2.05) is 44.2 Å². The smallest absolute Gasteiger partial charge is 0.875 e. The van der Waals surface area contributed by atoms with Crippen molar-refractivity contribution in [2.45, 2.75) is 26.9 Å². The number of esters is 1. The molecule has 4 heteroatoms. The van der Waals surface area contributed by atoms with Gasteiger partial charge in [-0.3, -0.25) is 0 Å². The van der Waals surface area contributed by atoms with Crippen LogP contribution in [-0.2, 0) is 9.53 Å². The van der Waals surface area contributed by atoms with Crippen LogP contribution < -0.4 is 34.7 Å². The van der Waals surface area contributed by atoms with Gasteiger partial charge in [0.05, 0.1) is 0 Å². The Morgan fingerprint density at radius 1 is 1.22 bits per heavy atom. The molecular formula is C14H15NaO3. The average Bonchev–Trinajstić information content (AvgIpc) is 2.33. The number of carbonyl (C=O) groups excluding carboxylic acids is 1. The topological polar surface area (TPSA) is 49.4 Å². The van der Waals surface area contributed by atoms with E-state index in [2.05, 4.69) is 0 Å². The van der Waals surface area contributed by atoms with Crippen LogP contribution in [0.15, 0.2) is 41.7 Å². The fraction of sp³-hybridized carbons (Fsp3) is 0.357. The van der Waals surface area contributed by atoms with Gasteiger partial charge in [-0.1, -0.05) is 44.2 Å². The minimum Gasteiger partial charge on any atom is -0.875 e. The van der Waals surface area contributed by atoms with Crippen molar-refractivity contribution < 1.29 is 44.2 Å². The number of hydrogen-bond donors (Lipinski definition) is 0. The first-order chi connectivity index (χ1) is 7.94. The summed E-state index contributed by atoms with van der Waals surface area (Å²) in [4.78, 5) is 11.6. The van der Waals surface area contributed by atoms with E-state index >= 15 is 0 Å². The summed E-state index contributed by atoms with van der Waals surface area (Å²) in [6.07, 6.45) is -0.507. The van der Waals surface area contributed by atoms with Crippen molar-refractivity contribution in [1.82, 2.24) is 0 Å². The van der Waals surface area contributed by atoms with Crippen molar-refractivity contribution in [1.29, 1.82) is 0 Å². The number of cyclic esters (lactones) is 1. The van der Waals surface area contributed by atoms with Gasteiger partial charge in [0.2, 0.25) is 0 Å². The third kappa shape index (κ3) is 2.48. The first-order valence-corrected chi connectivity index (χ1v) is 5.59. The van der Waals surface area contributed by atoms with Gasteiger partial charge in [0.25, 0.3) is 0 Å². The Kier molecular flexibility index (Phi) is 4.65. The van der Waals surface area contributed by atoms with Gasteiger partial charge in [0, 0.05) is 11.0 Å². The molecule has 0 radical (unpaired) electrons. The molecular weight excluding hydrogens is 239 g/mol. The Labute approximate surface area is 129 Å². The maximum atomic E-state index is 12.1. The molecule has 1 aromatic rings. The largest absolute Gasteiger partial charge is 1.00 e. The fourth-order valence-corrected chi connectivity index (χ4v) is 2.15. The standard InChI is InChI=1S/C14H16O3.Na/c1-9-11(15)14(2,3)12(17-13(9)16)10-7-5-4-6-8-10;/h4-8,12,15H,1-3H3;/q;+1/p-1. The van der Waals surface area contributed by atoms with E-state index in [-0.39, 0.29) is 40.9 Å². The Bertz CT molecular complexity index is 477. The van der Waals surface area contributed by atoms with Crippen LogP contribution in [0.3, 0.4) is 0 Å². The molecule has 0 amide bonds. The van der Waals surface area contributed by atoms with Gasteiger partial charge in [0.1, 0.15) is 6.10 Å². The third-order valence-corrected chi connectivity index (χ3v) is 3.21. The Morgan fingerprint density at radius 2 is 1.78 bits per heavy atom. The second kappa shape index (κ2) is 5.47. The molecule has 1 aliphatic rings. The summed E-state index contributed by atoms with van der Waals surface area (Å²) in [5.41, 5.74) is 0.327. The monoisotopic (exact) mass is 254 g/mol. The SMILES string of the molecule is CC1=C([O-])C(C)(C)C(c2ccccc2)OC1=O.[Na+]. The first-order valence-electron chi connectivity index (χ1n) is 5.59. The Morgan fingerprint density at radius 3 is 2.33 bits per heavy atom. The number of benzene rings is 1. The normalized spacial score (nSPS) is 22.2. The van der Waals surface area contributed by atoms with Gasteiger partial charge >= 0.3 is 35.5 Å². The molecule has 0 fully saturated rings. The van der Waals surface area contributed by atoms with Gasteiger partial charge in [-0.25, -0.2) is 4.79 Å². The van der Waals surface area contributed by atoms with Gasteiger partial charge < -0.3 is 9.84 Å². The Balaban J connectivity index is 0.00000162. The quantitative estimate of drug-likeness (QED) is 0.474. The van der Waals surface area contributed by atoms with Crippen molar-refractivity contribution in [3.8, 4) is 0 Å². The van der Waals surface area contributed by atoms with Crippen LogP contribution in [0.2, 0.25) is 0 Å². The van der Waals surface area contributed by atoms with E-state index in [0.29, 0.717) is 0 Å². The number of rotatable bonds is 1. The van der Waals surface area contributed by atoms with E-state index in [9.17, 15) is 9.90 Å². The summed E-state index contributed by atoms with van der Waals surface area (Å²) in [6, 6.07) is 9.37. The Hall–Kier alpha value is -0.770. The van der Waals surface area contributed by atoms with Crippen molar-refractivity contribution in [3.63, 3.8) is 0 Å². The zero-order valence-corrected chi connectivity index (χ0v) is 13.2. The van der Waals surface area contributed by atoms with Crippen molar-refractivity contribution >= 4 is 5.97 Å². The number of hydrogen-bond acceptors (Lipinski definition) is 3. The summed E-state index contributed by atoms with van der Waals surface area (Å²) in [5, 5.41) is 12.1. The molecule has 1 atom stereocenters. The predicted molar refractivity (Wildman–Crippen MR) is 61.8 cm³/mol. The summed E-state index contributed by atoms with van der Waals surface area (Å²) < 4.78 is 5.37. The summed E-state index contributed by atoms with van der Waals surface area (Å²) in [7, 11) is 0. The van der Waals surface area contributed by atoms with Gasteiger partial charge in [-0.05, 0) is 12.5 Å². The predicted octanol–water partition coefficient (Wildman–Crippen LogP) is -1.05. The van der Waals surface area contributed by atoms with E-state index in [1.165, 1.54) is 6.92 Å². The molecule has 1 aliphatic heterocycles. The molecule has 3 nitrogen and oxygen atoms in total. The van der Waals surface area contributed by atoms with Crippen molar-refractivity contribution in [2.24, 2.45) is 5.41 Å². The molecule has 90 valence electrons. The molecule has 0 N–H and O–H groups in total. The number of ether oxygens (including phenoxy) is 1. The maximum absolute atomic E-state index is 12.1. The fourth-order valence-electron chi connectivity index (χ4n) is 2.15. The molecule has 0 saturated heterocycles. The molecule has 0 bridgehead atoms. The molecule has 1 aromatic carbocycles. The average molecular weight is 254 g/mol. The van der Waals surface area contributed by atoms with Gasteiger partial charge in [-0.2, -0.15) is 0 Å². The molecule has 0 aliphatic carbocycles. The van der Waals surface area contributed by atoms with Gasteiger partial charge in [-0.15, -0.1) is 5.76 Å². The molecule has 2 rings (SSSR count). The molecule has 0 saturated carbocycles. The minimum absolute atomic E-state index is 0. The molecule has 1 unspecified atom stereocenters. The maximum Gasteiger partial charge on any atom is 1.00 e. The van der Waals surface area contributed by atoms with Crippen LogP contribution in [0.1, 0.15) is 32.4 Å². The summed E-state index contributed by atoms with van der Waals surface area (Å²) in [5.74, 6) is -0.647. The van der Waals surface area contributed by atoms with Crippen LogP contribution in [0.25, 0.3) is 0 Å².